The lowest BCUT2D eigenvalue weighted by Gasteiger charge is -2.11. The van der Waals surface area contributed by atoms with Crippen molar-refractivity contribution in [3.05, 3.63) is 60.2 Å². The molecule has 0 amide bonds. The lowest BCUT2D eigenvalue weighted by molar-refractivity contribution is -0.136. The first kappa shape index (κ1) is 18.8. The molecule has 2 aromatic rings. The highest BCUT2D eigenvalue weighted by molar-refractivity contribution is 5.67. The Hall–Kier alpha value is -2.49. The summed E-state index contributed by atoms with van der Waals surface area (Å²) in [6.07, 6.45) is 4.85. The van der Waals surface area contributed by atoms with Crippen LogP contribution in [0.1, 0.15) is 37.7 Å². The smallest absolute Gasteiger partial charge is 0.303 e. The number of unbranched alkanes of at least 4 members (excludes halogenated alkanes) is 3. The second-order valence-corrected chi connectivity index (χ2v) is 5.93. The number of aliphatic carboxylic acids is 1. The van der Waals surface area contributed by atoms with Gasteiger partial charge in [0.15, 0.2) is 0 Å². The molecule has 0 saturated carbocycles. The number of carboxylic acids is 1. The van der Waals surface area contributed by atoms with E-state index in [9.17, 15) is 4.79 Å². The molecule has 0 aliphatic heterocycles. The number of para-hydroxylation sites is 2. The molecule has 0 atom stereocenters. The standard InChI is InChI=1S/C21H26O4/c22-21(23)15-14-18-10-6-7-13-20(18)25-17-9-2-1-8-16-24-19-11-4-3-5-12-19/h3-7,10-13H,1-2,8-9,14-17H2,(H,22,23). The van der Waals surface area contributed by atoms with Gasteiger partial charge < -0.3 is 14.6 Å². The highest BCUT2D eigenvalue weighted by atomic mass is 16.5. The number of benzene rings is 2. The van der Waals surface area contributed by atoms with Gasteiger partial charge in [0.1, 0.15) is 11.5 Å². The summed E-state index contributed by atoms with van der Waals surface area (Å²) in [7, 11) is 0. The molecular weight excluding hydrogens is 316 g/mol. The predicted molar refractivity (Wildman–Crippen MR) is 98.3 cm³/mol. The normalized spacial score (nSPS) is 10.4. The molecule has 0 spiro atoms. The van der Waals surface area contributed by atoms with E-state index in [2.05, 4.69) is 0 Å². The van der Waals surface area contributed by atoms with Crippen LogP contribution in [0.2, 0.25) is 0 Å². The Labute approximate surface area is 149 Å². The lowest BCUT2D eigenvalue weighted by atomic mass is 10.1. The van der Waals surface area contributed by atoms with Crippen molar-refractivity contribution in [1.29, 1.82) is 0 Å². The van der Waals surface area contributed by atoms with Gasteiger partial charge in [0.05, 0.1) is 13.2 Å². The summed E-state index contributed by atoms with van der Waals surface area (Å²) < 4.78 is 11.5. The number of ether oxygens (including phenoxy) is 2. The van der Waals surface area contributed by atoms with Gasteiger partial charge in [-0.25, -0.2) is 0 Å². The van der Waals surface area contributed by atoms with Crippen LogP contribution in [0.15, 0.2) is 54.6 Å². The average Bonchev–Trinajstić information content (AvgIpc) is 2.63. The van der Waals surface area contributed by atoms with Crippen LogP contribution in [0.25, 0.3) is 0 Å². The van der Waals surface area contributed by atoms with Crippen LogP contribution in [0.5, 0.6) is 11.5 Å². The number of hydrogen-bond acceptors (Lipinski definition) is 3. The summed E-state index contributed by atoms with van der Waals surface area (Å²) in [6.45, 7) is 1.40. The van der Waals surface area contributed by atoms with E-state index >= 15 is 0 Å². The zero-order valence-corrected chi connectivity index (χ0v) is 14.5. The molecule has 4 nitrogen and oxygen atoms in total. The van der Waals surface area contributed by atoms with Crippen molar-refractivity contribution in [2.24, 2.45) is 0 Å². The van der Waals surface area contributed by atoms with E-state index in [0.717, 1.165) is 49.4 Å². The van der Waals surface area contributed by atoms with Crippen molar-refractivity contribution in [3.63, 3.8) is 0 Å². The molecule has 0 saturated heterocycles. The Morgan fingerprint density at radius 1 is 0.800 bits per heavy atom. The Bertz CT molecular complexity index is 625. The van der Waals surface area contributed by atoms with Crippen molar-refractivity contribution in [2.75, 3.05) is 13.2 Å². The molecule has 0 aromatic heterocycles. The third kappa shape index (κ3) is 7.75. The van der Waals surface area contributed by atoms with E-state index in [-0.39, 0.29) is 6.42 Å². The molecule has 0 unspecified atom stereocenters. The van der Waals surface area contributed by atoms with Gasteiger partial charge in [-0.05, 0) is 55.9 Å². The molecule has 4 heteroatoms. The minimum absolute atomic E-state index is 0.127. The minimum atomic E-state index is -0.785. The zero-order chi connectivity index (χ0) is 17.7. The topological polar surface area (TPSA) is 55.8 Å². The summed E-state index contributed by atoms with van der Waals surface area (Å²) >= 11 is 0. The van der Waals surface area contributed by atoms with Crippen LogP contribution in [0.3, 0.4) is 0 Å². The van der Waals surface area contributed by atoms with Crippen LogP contribution in [0, 0.1) is 0 Å². The summed E-state index contributed by atoms with van der Waals surface area (Å²) in [5.41, 5.74) is 0.959. The first-order valence-corrected chi connectivity index (χ1v) is 8.86. The first-order chi connectivity index (χ1) is 12.3. The number of rotatable bonds is 12. The molecule has 0 radical (unpaired) electrons. The van der Waals surface area contributed by atoms with Crippen LogP contribution in [-0.4, -0.2) is 24.3 Å². The van der Waals surface area contributed by atoms with E-state index in [1.165, 1.54) is 0 Å². The molecule has 25 heavy (non-hydrogen) atoms. The van der Waals surface area contributed by atoms with Crippen molar-refractivity contribution < 1.29 is 19.4 Å². The van der Waals surface area contributed by atoms with Gasteiger partial charge in [0.2, 0.25) is 0 Å². The van der Waals surface area contributed by atoms with Crippen molar-refractivity contribution in [3.8, 4) is 11.5 Å². The van der Waals surface area contributed by atoms with Gasteiger partial charge >= 0.3 is 5.97 Å². The van der Waals surface area contributed by atoms with E-state index in [1.54, 1.807) is 0 Å². The number of hydrogen-bond donors (Lipinski definition) is 1. The largest absolute Gasteiger partial charge is 0.494 e. The SMILES string of the molecule is O=C(O)CCc1ccccc1OCCCCCCOc1ccccc1. The Morgan fingerprint density at radius 3 is 2.16 bits per heavy atom. The minimum Gasteiger partial charge on any atom is -0.494 e. The molecule has 2 rings (SSSR count). The third-order valence-electron chi connectivity index (χ3n) is 3.89. The molecule has 2 aromatic carbocycles. The van der Waals surface area contributed by atoms with Gasteiger partial charge in [-0.15, -0.1) is 0 Å². The van der Waals surface area contributed by atoms with Gasteiger partial charge in [0, 0.05) is 6.42 Å². The lowest BCUT2D eigenvalue weighted by Crippen LogP contribution is -2.03. The average molecular weight is 342 g/mol. The van der Waals surface area contributed by atoms with Gasteiger partial charge in [-0.2, -0.15) is 0 Å². The Morgan fingerprint density at radius 2 is 1.44 bits per heavy atom. The monoisotopic (exact) mass is 342 g/mol. The molecular formula is C21H26O4. The molecule has 0 heterocycles. The Balaban J connectivity index is 1.56. The quantitative estimate of drug-likeness (QED) is 0.567. The molecule has 1 N–H and O–H groups in total. The molecule has 0 bridgehead atoms. The van der Waals surface area contributed by atoms with Crippen molar-refractivity contribution in [1.82, 2.24) is 0 Å². The maximum atomic E-state index is 10.7. The number of carboxylic acid groups (broad SMARTS) is 1. The Kier molecular flexibility index (Phi) is 8.39. The van der Waals surface area contributed by atoms with Crippen molar-refractivity contribution in [2.45, 2.75) is 38.5 Å². The zero-order valence-electron chi connectivity index (χ0n) is 14.5. The second kappa shape index (κ2) is 11.1. The van der Waals surface area contributed by atoms with Gasteiger partial charge in [0.25, 0.3) is 0 Å². The maximum Gasteiger partial charge on any atom is 0.303 e. The summed E-state index contributed by atoms with van der Waals surface area (Å²) in [6, 6.07) is 17.5. The molecule has 0 fully saturated rings. The molecule has 134 valence electrons. The summed E-state index contributed by atoms with van der Waals surface area (Å²) in [4.78, 5) is 10.7. The van der Waals surface area contributed by atoms with E-state index < -0.39 is 5.97 Å². The summed E-state index contributed by atoms with van der Waals surface area (Å²) in [5, 5.41) is 8.80. The molecule has 0 aliphatic rings. The fourth-order valence-electron chi connectivity index (χ4n) is 2.54. The summed E-state index contributed by atoms with van der Waals surface area (Å²) in [5.74, 6) is 0.937. The van der Waals surface area contributed by atoms with Crippen LogP contribution >= 0.6 is 0 Å². The van der Waals surface area contributed by atoms with Gasteiger partial charge in [-0.3, -0.25) is 4.79 Å². The first-order valence-electron chi connectivity index (χ1n) is 8.86. The fourth-order valence-corrected chi connectivity index (χ4v) is 2.54. The number of aryl methyl sites for hydroxylation is 1. The van der Waals surface area contributed by atoms with Crippen LogP contribution in [0.4, 0.5) is 0 Å². The van der Waals surface area contributed by atoms with E-state index in [1.807, 2.05) is 54.6 Å². The fraction of sp³-hybridized carbons (Fsp3) is 0.381. The van der Waals surface area contributed by atoms with E-state index in [4.69, 9.17) is 14.6 Å². The highest BCUT2D eigenvalue weighted by Crippen LogP contribution is 2.20. The van der Waals surface area contributed by atoms with Gasteiger partial charge in [-0.1, -0.05) is 36.4 Å². The van der Waals surface area contributed by atoms with Crippen molar-refractivity contribution >= 4 is 5.97 Å². The third-order valence-corrected chi connectivity index (χ3v) is 3.89. The van der Waals surface area contributed by atoms with Crippen LogP contribution in [-0.2, 0) is 11.2 Å². The second-order valence-electron chi connectivity index (χ2n) is 5.93. The van der Waals surface area contributed by atoms with E-state index in [0.29, 0.717) is 13.0 Å². The predicted octanol–water partition coefficient (Wildman–Crippen LogP) is 4.72. The maximum absolute atomic E-state index is 10.7. The van der Waals surface area contributed by atoms with Crippen LogP contribution < -0.4 is 9.47 Å². The highest BCUT2D eigenvalue weighted by Gasteiger charge is 2.05. The number of carbonyl (C=O) groups is 1. The molecule has 0 aliphatic carbocycles.